The van der Waals surface area contributed by atoms with E-state index in [4.69, 9.17) is 0 Å². The van der Waals surface area contributed by atoms with E-state index in [9.17, 15) is 0 Å². The lowest BCUT2D eigenvalue weighted by atomic mass is 9.87. The highest BCUT2D eigenvalue weighted by Crippen LogP contribution is 2.22. The molecule has 128 valence electrons. The third kappa shape index (κ3) is 4.79. The summed E-state index contributed by atoms with van der Waals surface area (Å²) in [6, 6.07) is 18.8. The molecule has 0 fully saturated rings. The molecule has 25 heavy (non-hydrogen) atoms. The number of benzene rings is 2. The molecule has 0 amide bonds. The van der Waals surface area contributed by atoms with Crippen LogP contribution in [0.4, 0.5) is 0 Å². The molecule has 0 saturated carbocycles. The Balaban J connectivity index is 1.67. The molecule has 0 N–H and O–H groups in total. The first-order valence-corrected chi connectivity index (χ1v) is 9.22. The third-order valence-electron chi connectivity index (χ3n) is 3.82. The Morgan fingerprint density at radius 1 is 1.04 bits per heavy atom. The van der Waals surface area contributed by atoms with E-state index in [1.54, 1.807) is 22.8 Å². The molecule has 3 rings (SSSR count). The van der Waals surface area contributed by atoms with Gasteiger partial charge in [-0.25, -0.2) is 0 Å². The van der Waals surface area contributed by atoms with Crippen molar-refractivity contribution in [2.75, 3.05) is 0 Å². The van der Waals surface area contributed by atoms with Crippen LogP contribution >= 0.6 is 11.8 Å². The number of aromatic nitrogens is 3. The van der Waals surface area contributed by atoms with Gasteiger partial charge < -0.3 is 0 Å². The standard InChI is InChI=1S/C20H22N4S/c1-20(2,3)18-11-9-16(10-12-18)13-22-24-15-21-23-19(24)25-14-17-7-5-4-6-8-17/h4-13,15H,14H2,1-3H3. The van der Waals surface area contributed by atoms with E-state index in [-0.39, 0.29) is 5.41 Å². The Kier molecular flexibility index (Phi) is 5.34. The first-order valence-electron chi connectivity index (χ1n) is 8.24. The van der Waals surface area contributed by atoms with Gasteiger partial charge in [0.2, 0.25) is 5.16 Å². The molecule has 0 radical (unpaired) electrons. The van der Waals surface area contributed by atoms with Crippen LogP contribution in [0, 0.1) is 0 Å². The van der Waals surface area contributed by atoms with Crippen molar-refractivity contribution in [1.29, 1.82) is 0 Å². The first-order chi connectivity index (χ1) is 12.0. The van der Waals surface area contributed by atoms with Crippen LogP contribution in [0.25, 0.3) is 0 Å². The summed E-state index contributed by atoms with van der Waals surface area (Å²) in [5, 5.41) is 13.4. The quantitative estimate of drug-likeness (QED) is 0.492. The predicted molar refractivity (Wildman–Crippen MR) is 104 cm³/mol. The van der Waals surface area contributed by atoms with E-state index < -0.39 is 0 Å². The van der Waals surface area contributed by atoms with Gasteiger partial charge in [0.15, 0.2) is 0 Å². The van der Waals surface area contributed by atoms with Crippen LogP contribution in [-0.4, -0.2) is 21.1 Å². The largest absolute Gasteiger partial charge is 0.212 e. The highest BCUT2D eigenvalue weighted by atomic mass is 32.2. The second-order valence-electron chi connectivity index (χ2n) is 6.85. The van der Waals surface area contributed by atoms with E-state index in [1.165, 1.54) is 11.1 Å². The van der Waals surface area contributed by atoms with Crippen molar-refractivity contribution >= 4 is 18.0 Å². The molecule has 0 bridgehead atoms. The Morgan fingerprint density at radius 3 is 2.44 bits per heavy atom. The van der Waals surface area contributed by atoms with Crippen molar-refractivity contribution in [3.05, 3.63) is 77.6 Å². The van der Waals surface area contributed by atoms with Crippen LogP contribution in [0.1, 0.15) is 37.5 Å². The van der Waals surface area contributed by atoms with Crippen molar-refractivity contribution in [3.63, 3.8) is 0 Å². The highest BCUT2D eigenvalue weighted by molar-refractivity contribution is 7.98. The summed E-state index contributed by atoms with van der Waals surface area (Å²) < 4.78 is 1.71. The molecule has 0 unspecified atom stereocenters. The van der Waals surface area contributed by atoms with Crippen molar-refractivity contribution in [3.8, 4) is 0 Å². The lowest BCUT2D eigenvalue weighted by Crippen LogP contribution is -2.10. The summed E-state index contributed by atoms with van der Waals surface area (Å²) >= 11 is 1.62. The molecule has 0 aliphatic carbocycles. The van der Waals surface area contributed by atoms with E-state index in [0.717, 1.165) is 16.5 Å². The summed E-state index contributed by atoms with van der Waals surface area (Å²) in [7, 11) is 0. The second-order valence-corrected chi connectivity index (χ2v) is 7.79. The molecule has 2 aromatic carbocycles. The fraction of sp³-hybridized carbons (Fsp3) is 0.250. The molecular formula is C20H22N4S. The topological polar surface area (TPSA) is 43.1 Å². The summed E-state index contributed by atoms with van der Waals surface area (Å²) in [5.41, 5.74) is 3.78. The number of hydrogen-bond acceptors (Lipinski definition) is 4. The fourth-order valence-corrected chi connectivity index (χ4v) is 3.13. The molecule has 1 heterocycles. The Hall–Kier alpha value is -2.40. The maximum Gasteiger partial charge on any atom is 0.212 e. The SMILES string of the molecule is CC(C)(C)c1ccc(C=Nn2cnnc2SCc2ccccc2)cc1. The second kappa shape index (κ2) is 7.66. The molecule has 0 atom stereocenters. The minimum atomic E-state index is 0.158. The Morgan fingerprint density at radius 2 is 1.76 bits per heavy atom. The lowest BCUT2D eigenvalue weighted by Gasteiger charge is -2.18. The molecular weight excluding hydrogens is 328 g/mol. The molecule has 5 heteroatoms. The zero-order valence-corrected chi connectivity index (χ0v) is 15.6. The van der Waals surface area contributed by atoms with Crippen molar-refractivity contribution in [1.82, 2.24) is 14.9 Å². The zero-order chi connectivity index (χ0) is 17.7. The van der Waals surface area contributed by atoms with Gasteiger partial charge in [0.05, 0.1) is 6.21 Å². The van der Waals surface area contributed by atoms with E-state index in [0.29, 0.717) is 0 Å². The average Bonchev–Trinajstić information content (AvgIpc) is 3.06. The number of nitrogens with zero attached hydrogens (tertiary/aromatic N) is 4. The van der Waals surface area contributed by atoms with Gasteiger partial charge >= 0.3 is 0 Å². The summed E-state index contributed by atoms with van der Waals surface area (Å²) in [4.78, 5) is 0. The maximum absolute atomic E-state index is 4.49. The van der Waals surface area contributed by atoms with Gasteiger partial charge in [0.25, 0.3) is 0 Å². The minimum absolute atomic E-state index is 0.158. The number of thioether (sulfide) groups is 1. The number of hydrogen-bond donors (Lipinski definition) is 0. The van der Waals surface area contributed by atoms with Crippen LogP contribution in [0.15, 0.2) is 71.2 Å². The van der Waals surface area contributed by atoms with Crippen LogP contribution < -0.4 is 0 Å². The Labute approximate surface area is 153 Å². The van der Waals surface area contributed by atoms with Gasteiger partial charge in [-0.3, -0.25) is 0 Å². The summed E-state index contributed by atoms with van der Waals surface area (Å²) in [6.45, 7) is 6.64. The normalized spacial score (nSPS) is 12.0. The van der Waals surface area contributed by atoms with Gasteiger partial charge in [0, 0.05) is 5.75 Å². The monoisotopic (exact) mass is 350 g/mol. The van der Waals surface area contributed by atoms with Crippen LogP contribution in [0.2, 0.25) is 0 Å². The van der Waals surface area contributed by atoms with Crippen LogP contribution in [0.3, 0.4) is 0 Å². The molecule has 0 spiro atoms. The van der Waals surface area contributed by atoms with E-state index in [1.807, 2.05) is 24.4 Å². The minimum Gasteiger partial charge on any atom is -0.195 e. The molecule has 3 aromatic rings. The van der Waals surface area contributed by atoms with E-state index >= 15 is 0 Å². The molecule has 1 aromatic heterocycles. The van der Waals surface area contributed by atoms with Crippen molar-refractivity contribution in [2.45, 2.75) is 37.1 Å². The average molecular weight is 350 g/mol. The van der Waals surface area contributed by atoms with Gasteiger partial charge in [-0.1, -0.05) is 87.1 Å². The predicted octanol–water partition coefficient (Wildman–Crippen LogP) is 4.75. The van der Waals surface area contributed by atoms with Crippen LogP contribution in [-0.2, 0) is 11.2 Å². The molecule has 0 saturated heterocycles. The van der Waals surface area contributed by atoms with Crippen LogP contribution in [0.5, 0.6) is 0 Å². The van der Waals surface area contributed by atoms with Gasteiger partial charge in [-0.15, -0.1) is 10.2 Å². The summed E-state index contributed by atoms with van der Waals surface area (Å²) in [6.07, 6.45) is 3.47. The molecule has 0 aliphatic rings. The summed E-state index contributed by atoms with van der Waals surface area (Å²) in [5.74, 6) is 0.843. The maximum atomic E-state index is 4.49. The molecule has 0 aliphatic heterocycles. The van der Waals surface area contributed by atoms with Crippen molar-refractivity contribution < 1.29 is 0 Å². The lowest BCUT2D eigenvalue weighted by molar-refractivity contribution is 0.590. The zero-order valence-electron chi connectivity index (χ0n) is 14.8. The smallest absolute Gasteiger partial charge is 0.195 e. The van der Waals surface area contributed by atoms with Gasteiger partial charge in [-0.05, 0) is 22.1 Å². The number of rotatable bonds is 5. The van der Waals surface area contributed by atoms with Crippen molar-refractivity contribution in [2.24, 2.45) is 5.10 Å². The van der Waals surface area contributed by atoms with E-state index in [2.05, 4.69) is 72.5 Å². The van der Waals surface area contributed by atoms with Gasteiger partial charge in [-0.2, -0.15) is 9.78 Å². The van der Waals surface area contributed by atoms with Gasteiger partial charge in [0.1, 0.15) is 6.33 Å². The fourth-order valence-electron chi connectivity index (χ4n) is 2.31. The third-order valence-corrected chi connectivity index (χ3v) is 4.82. The Bertz CT molecular complexity index is 830. The highest BCUT2D eigenvalue weighted by Gasteiger charge is 2.12. The molecule has 4 nitrogen and oxygen atoms in total. The first kappa shape index (κ1) is 17.4.